The number of aromatic amines is 1. The van der Waals surface area contributed by atoms with Gasteiger partial charge in [0, 0.05) is 36.8 Å². The van der Waals surface area contributed by atoms with Crippen molar-refractivity contribution in [3.8, 4) is 17.0 Å². The lowest BCUT2D eigenvalue weighted by atomic mass is 10.0. The molecule has 3 heterocycles. The van der Waals surface area contributed by atoms with E-state index in [0.717, 1.165) is 12.6 Å². The summed E-state index contributed by atoms with van der Waals surface area (Å²) < 4.78 is 14.4. The maximum atomic E-state index is 14.4. The number of carbonyl (C=O) groups excluding carboxylic acids is 1. The summed E-state index contributed by atoms with van der Waals surface area (Å²) >= 11 is 0. The number of aryl methyl sites for hydroxylation is 1. The van der Waals surface area contributed by atoms with Crippen LogP contribution in [-0.2, 0) is 0 Å². The fourth-order valence-corrected chi connectivity index (χ4v) is 3.70. The number of rotatable bonds is 2. The third kappa shape index (κ3) is 2.99. The van der Waals surface area contributed by atoms with Crippen molar-refractivity contribution in [3.63, 3.8) is 0 Å². The first-order valence-electron chi connectivity index (χ1n) is 9.25. The number of pyridine rings is 1. The fraction of sp³-hybridized carbons (Fsp3) is 0.350. The molecule has 0 aliphatic carbocycles. The molecule has 1 amide bonds. The number of piperazine rings is 1. The third-order valence-electron chi connectivity index (χ3n) is 5.46. The molecule has 3 aromatic rings. The minimum absolute atomic E-state index is 0.0190. The van der Waals surface area contributed by atoms with Crippen LogP contribution in [0.15, 0.2) is 24.3 Å². The van der Waals surface area contributed by atoms with Gasteiger partial charge < -0.3 is 15.3 Å². The van der Waals surface area contributed by atoms with Crippen molar-refractivity contribution < 1.29 is 14.3 Å². The minimum atomic E-state index is -0.606. The molecule has 1 aliphatic heterocycles. The average molecular weight is 383 g/mol. The molecule has 0 unspecified atom stereocenters. The summed E-state index contributed by atoms with van der Waals surface area (Å²) in [6.45, 7) is 7.17. The Morgan fingerprint density at radius 1 is 1.32 bits per heavy atom. The number of aromatic hydroxyl groups is 1. The molecule has 1 aliphatic rings. The van der Waals surface area contributed by atoms with E-state index in [0.29, 0.717) is 34.5 Å². The Bertz CT molecular complexity index is 1060. The van der Waals surface area contributed by atoms with Crippen LogP contribution in [0.4, 0.5) is 4.39 Å². The minimum Gasteiger partial charge on any atom is -0.508 e. The SMILES string of the molecule is Cc1n[nH]c2nc(-c3ccc(O)cc3F)cc(C(=O)N3CCN[C@@H](C)[C@H]3C)c12. The number of hydrogen-bond donors (Lipinski definition) is 3. The predicted molar refractivity (Wildman–Crippen MR) is 104 cm³/mol. The molecule has 28 heavy (non-hydrogen) atoms. The molecular weight excluding hydrogens is 361 g/mol. The number of benzene rings is 1. The van der Waals surface area contributed by atoms with Crippen molar-refractivity contribution in [2.45, 2.75) is 32.9 Å². The van der Waals surface area contributed by atoms with E-state index in [1.54, 1.807) is 6.07 Å². The summed E-state index contributed by atoms with van der Waals surface area (Å²) in [5.41, 5.74) is 2.07. The van der Waals surface area contributed by atoms with Crippen molar-refractivity contribution in [2.75, 3.05) is 13.1 Å². The van der Waals surface area contributed by atoms with Crippen LogP contribution in [0, 0.1) is 12.7 Å². The largest absolute Gasteiger partial charge is 0.508 e. The van der Waals surface area contributed by atoms with Crippen molar-refractivity contribution in [3.05, 3.63) is 41.3 Å². The van der Waals surface area contributed by atoms with E-state index in [1.165, 1.54) is 12.1 Å². The van der Waals surface area contributed by atoms with Crippen LogP contribution in [0.1, 0.15) is 29.9 Å². The fourth-order valence-electron chi connectivity index (χ4n) is 3.70. The first-order chi connectivity index (χ1) is 13.4. The Hall–Kier alpha value is -3.00. The molecule has 1 aromatic carbocycles. The molecule has 4 rings (SSSR count). The first kappa shape index (κ1) is 18.4. The third-order valence-corrected chi connectivity index (χ3v) is 5.46. The number of amides is 1. The van der Waals surface area contributed by atoms with Gasteiger partial charge in [0.05, 0.1) is 22.3 Å². The second-order valence-corrected chi connectivity index (χ2v) is 7.23. The second kappa shape index (κ2) is 6.87. The molecule has 1 fully saturated rings. The van der Waals surface area contributed by atoms with E-state index in [2.05, 4.69) is 20.5 Å². The van der Waals surface area contributed by atoms with Gasteiger partial charge in [-0.25, -0.2) is 9.37 Å². The van der Waals surface area contributed by atoms with E-state index >= 15 is 0 Å². The van der Waals surface area contributed by atoms with Gasteiger partial charge in [-0.3, -0.25) is 9.89 Å². The van der Waals surface area contributed by atoms with Crippen LogP contribution >= 0.6 is 0 Å². The molecule has 3 N–H and O–H groups in total. The van der Waals surface area contributed by atoms with Gasteiger partial charge in [0.2, 0.25) is 0 Å². The van der Waals surface area contributed by atoms with Gasteiger partial charge in [-0.2, -0.15) is 5.10 Å². The number of carbonyl (C=O) groups is 1. The zero-order valence-electron chi connectivity index (χ0n) is 16.0. The maximum absolute atomic E-state index is 14.4. The normalized spacial score (nSPS) is 19.9. The summed E-state index contributed by atoms with van der Waals surface area (Å²) in [6, 6.07) is 5.68. The van der Waals surface area contributed by atoms with Crippen molar-refractivity contribution in [2.24, 2.45) is 0 Å². The topological polar surface area (TPSA) is 94.1 Å². The van der Waals surface area contributed by atoms with Gasteiger partial charge in [0.1, 0.15) is 11.6 Å². The standard InChI is InChI=1S/C20H22FN5O2/c1-10-12(3)26(7-6-22-10)20(28)15-9-17(14-5-4-13(27)8-16(14)21)23-19-18(15)11(2)24-25-19/h4-5,8-10,12,22,27H,6-7H2,1-3H3,(H,23,24,25)/t10-,12+/m0/s1. The number of aromatic nitrogens is 3. The summed E-state index contributed by atoms with van der Waals surface area (Å²) in [7, 11) is 0. The van der Waals surface area contributed by atoms with Crippen LogP contribution in [0.3, 0.4) is 0 Å². The highest BCUT2D eigenvalue weighted by Crippen LogP contribution is 2.30. The molecule has 0 saturated carbocycles. The van der Waals surface area contributed by atoms with Gasteiger partial charge in [-0.15, -0.1) is 0 Å². The number of halogens is 1. The van der Waals surface area contributed by atoms with Crippen LogP contribution in [0.2, 0.25) is 0 Å². The average Bonchev–Trinajstić information content (AvgIpc) is 3.04. The lowest BCUT2D eigenvalue weighted by Gasteiger charge is -2.38. The van der Waals surface area contributed by atoms with E-state index < -0.39 is 5.82 Å². The Balaban J connectivity index is 1.87. The second-order valence-electron chi connectivity index (χ2n) is 7.23. The molecular formula is C20H22FN5O2. The number of fused-ring (bicyclic) bond motifs is 1. The molecule has 146 valence electrons. The Labute approximate surface area is 161 Å². The smallest absolute Gasteiger partial charge is 0.255 e. The summed E-state index contributed by atoms with van der Waals surface area (Å²) in [5, 5.41) is 20.5. The van der Waals surface area contributed by atoms with Gasteiger partial charge >= 0.3 is 0 Å². The molecule has 0 bridgehead atoms. The van der Waals surface area contributed by atoms with Crippen LogP contribution in [0.5, 0.6) is 5.75 Å². The van der Waals surface area contributed by atoms with Gasteiger partial charge in [-0.1, -0.05) is 0 Å². The quantitative estimate of drug-likeness (QED) is 0.632. The maximum Gasteiger partial charge on any atom is 0.255 e. The lowest BCUT2D eigenvalue weighted by Crippen LogP contribution is -2.57. The molecule has 2 atom stereocenters. The van der Waals surface area contributed by atoms with E-state index in [4.69, 9.17) is 0 Å². The highest BCUT2D eigenvalue weighted by Gasteiger charge is 2.31. The van der Waals surface area contributed by atoms with Gasteiger partial charge in [0.15, 0.2) is 5.65 Å². The zero-order valence-corrected chi connectivity index (χ0v) is 16.0. The molecule has 8 heteroatoms. The molecule has 0 radical (unpaired) electrons. The Morgan fingerprint density at radius 2 is 2.11 bits per heavy atom. The monoisotopic (exact) mass is 383 g/mol. The van der Waals surface area contributed by atoms with Crippen molar-refractivity contribution in [1.82, 2.24) is 25.4 Å². The number of nitrogens with zero attached hydrogens (tertiary/aromatic N) is 3. The van der Waals surface area contributed by atoms with Gasteiger partial charge in [0.25, 0.3) is 5.91 Å². The van der Waals surface area contributed by atoms with E-state index in [1.807, 2.05) is 25.7 Å². The van der Waals surface area contributed by atoms with E-state index in [9.17, 15) is 14.3 Å². The van der Waals surface area contributed by atoms with E-state index in [-0.39, 0.29) is 29.3 Å². The molecule has 2 aromatic heterocycles. The highest BCUT2D eigenvalue weighted by atomic mass is 19.1. The number of nitrogens with one attached hydrogen (secondary N) is 2. The molecule has 0 spiro atoms. The number of phenols is 1. The van der Waals surface area contributed by atoms with Crippen LogP contribution in [0.25, 0.3) is 22.3 Å². The number of phenolic OH excluding ortho intramolecular Hbond substituents is 1. The van der Waals surface area contributed by atoms with Crippen LogP contribution in [-0.4, -0.2) is 56.3 Å². The predicted octanol–water partition coefficient (Wildman–Crippen LogP) is 2.60. The Kier molecular flexibility index (Phi) is 4.50. The van der Waals surface area contributed by atoms with Gasteiger partial charge in [-0.05, 0) is 39.0 Å². The van der Waals surface area contributed by atoms with Crippen molar-refractivity contribution in [1.29, 1.82) is 0 Å². The highest BCUT2D eigenvalue weighted by molar-refractivity contribution is 6.07. The summed E-state index contributed by atoms with van der Waals surface area (Å²) in [6.07, 6.45) is 0. The molecule has 7 nitrogen and oxygen atoms in total. The lowest BCUT2D eigenvalue weighted by molar-refractivity contribution is 0.0605. The van der Waals surface area contributed by atoms with Crippen LogP contribution < -0.4 is 5.32 Å². The summed E-state index contributed by atoms with van der Waals surface area (Å²) in [4.78, 5) is 19.7. The number of H-pyrrole nitrogens is 1. The zero-order chi connectivity index (χ0) is 20.0. The van der Waals surface area contributed by atoms with Crippen molar-refractivity contribution >= 4 is 16.9 Å². The number of hydrogen-bond acceptors (Lipinski definition) is 5. The first-order valence-corrected chi connectivity index (χ1v) is 9.25. The Morgan fingerprint density at radius 3 is 2.86 bits per heavy atom. The molecule has 1 saturated heterocycles. The summed E-state index contributed by atoms with van der Waals surface area (Å²) in [5.74, 6) is -0.900.